The summed E-state index contributed by atoms with van der Waals surface area (Å²) in [4.78, 5) is 25.0. The normalized spacial score (nSPS) is 15.5. The summed E-state index contributed by atoms with van der Waals surface area (Å²) in [6.45, 7) is 4.40. The van der Waals surface area contributed by atoms with Crippen LogP contribution in [0.3, 0.4) is 0 Å². The topological polar surface area (TPSA) is 108 Å². The number of amides is 1. The van der Waals surface area contributed by atoms with Gasteiger partial charge in [0.25, 0.3) is 7.82 Å². The van der Waals surface area contributed by atoms with Gasteiger partial charge in [0, 0.05) is 6.42 Å². The predicted molar refractivity (Wildman–Crippen MR) is 191 cm³/mol. The Morgan fingerprint density at radius 1 is 0.783 bits per heavy atom. The molecule has 266 valence electrons. The predicted octanol–water partition coefficient (Wildman–Crippen LogP) is 8.10. The lowest BCUT2D eigenvalue weighted by molar-refractivity contribution is -0.870. The van der Waals surface area contributed by atoms with Crippen LogP contribution in [0.1, 0.15) is 117 Å². The number of quaternary nitrogens is 1. The maximum absolute atomic E-state index is 12.7. The van der Waals surface area contributed by atoms with E-state index in [4.69, 9.17) is 9.05 Å². The van der Waals surface area contributed by atoms with Crippen molar-refractivity contribution in [2.24, 2.45) is 0 Å². The van der Waals surface area contributed by atoms with Crippen LogP contribution in [-0.2, 0) is 18.4 Å². The van der Waals surface area contributed by atoms with E-state index in [-0.39, 0.29) is 12.5 Å². The van der Waals surface area contributed by atoms with E-state index in [2.05, 4.69) is 67.8 Å². The molecule has 0 heterocycles. The van der Waals surface area contributed by atoms with E-state index in [1.54, 1.807) is 6.08 Å². The fraction of sp³-hybridized carbons (Fsp3) is 0.703. The molecule has 0 aromatic carbocycles. The molecule has 9 heteroatoms. The van der Waals surface area contributed by atoms with Gasteiger partial charge in [-0.15, -0.1) is 0 Å². The number of hydrogen-bond donors (Lipinski definition) is 2. The lowest BCUT2D eigenvalue weighted by Crippen LogP contribution is -2.45. The van der Waals surface area contributed by atoms with Crippen molar-refractivity contribution in [2.45, 2.75) is 129 Å². The highest BCUT2D eigenvalue weighted by molar-refractivity contribution is 7.45. The van der Waals surface area contributed by atoms with Crippen molar-refractivity contribution in [3.05, 3.63) is 60.8 Å². The Hall–Kier alpha value is -1.80. The lowest BCUT2D eigenvalue weighted by atomic mass is 10.1. The summed E-state index contributed by atoms with van der Waals surface area (Å²) in [6.07, 6.45) is 35.6. The molecule has 0 spiro atoms. The van der Waals surface area contributed by atoms with Gasteiger partial charge in [0.1, 0.15) is 13.2 Å². The first-order valence-electron chi connectivity index (χ1n) is 17.7. The first-order valence-corrected chi connectivity index (χ1v) is 19.1. The molecule has 3 atom stereocenters. The average Bonchev–Trinajstić information content (AvgIpc) is 2.99. The monoisotopic (exact) mass is 666 g/mol. The lowest BCUT2D eigenvalue weighted by Gasteiger charge is -2.29. The van der Waals surface area contributed by atoms with Gasteiger partial charge in [-0.2, -0.15) is 0 Å². The van der Waals surface area contributed by atoms with Gasteiger partial charge in [0.05, 0.1) is 39.9 Å². The van der Waals surface area contributed by atoms with Crippen molar-refractivity contribution in [2.75, 3.05) is 40.9 Å². The summed E-state index contributed by atoms with van der Waals surface area (Å²) in [7, 11) is 1.22. The number of aliphatic hydroxyl groups excluding tert-OH is 1. The van der Waals surface area contributed by atoms with Gasteiger partial charge in [-0.1, -0.05) is 113 Å². The molecule has 1 amide bonds. The first kappa shape index (κ1) is 44.2. The standard InChI is InChI=1S/C37H67N2O6P/c1-6-8-10-12-14-15-16-17-18-19-20-21-22-23-25-27-29-31-37(41)38-35(36(40)30-28-26-24-13-11-9-7-2)34-45-46(42,43)44-33-32-39(3,4)5/h8,10,14-15,17-18,20-21,28,30,35-36,40H,6-7,9,11-13,16,19,22-27,29,31-34H2,1-5H3,(H-,38,41,42,43)/b10-8-,15-14-,18-17-,21-20-,30-28+. The van der Waals surface area contributed by atoms with Crippen LogP contribution in [0.5, 0.6) is 0 Å². The Kier molecular flexibility index (Phi) is 28.2. The molecule has 3 unspecified atom stereocenters. The van der Waals surface area contributed by atoms with Crippen molar-refractivity contribution < 1.29 is 32.9 Å². The summed E-state index contributed by atoms with van der Waals surface area (Å²) in [5.41, 5.74) is 0. The second-order valence-corrected chi connectivity index (χ2v) is 14.3. The Morgan fingerprint density at radius 3 is 1.91 bits per heavy atom. The number of allylic oxidation sites excluding steroid dienone is 9. The van der Waals surface area contributed by atoms with Crippen molar-refractivity contribution in [1.29, 1.82) is 0 Å². The number of likely N-dealkylation sites (N-methyl/N-ethyl adjacent to an activating group) is 1. The van der Waals surface area contributed by atoms with Gasteiger partial charge in [-0.3, -0.25) is 9.36 Å². The molecule has 0 aromatic rings. The van der Waals surface area contributed by atoms with E-state index in [1.807, 2.05) is 27.2 Å². The summed E-state index contributed by atoms with van der Waals surface area (Å²) < 4.78 is 22.9. The summed E-state index contributed by atoms with van der Waals surface area (Å²) in [5, 5.41) is 13.6. The van der Waals surface area contributed by atoms with Crippen LogP contribution in [-0.4, -0.2) is 68.5 Å². The number of nitrogens with zero attached hydrogens (tertiary/aromatic N) is 1. The second-order valence-electron chi connectivity index (χ2n) is 12.8. The molecule has 0 radical (unpaired) electrons. The summed E-state index contributed by atoms with van der Waals surface area (Å²) in [6, 6.07) is -0.897. The third-order valence-corrected chi connectivity index (χ3v) is 8.20. The number of phosphoric acid groups is 1. The minimum absolute atomic E-state index is 0.00985. The first-order chi connectivity index (χ1) is 22.0. The Labute approximate surface area is 281 Å². The van der Waals surface area contributed by atoms with Gasteiger partial charge in [0.2, 0.25) is 5.91 Å². The third-order valence-electron chi connectivity index (χ3n) is 7.23. The van der Waals surface area contributed by atoms with Gasteiger partial charge in [0.15, 0.2) is 0 Å². The fourth-order valence-electron chi connectivity index (χ4n) is 4.37. The summed E-state index contributed by atoms with van der Waals surface area (Å²) >= 11 is 0. The second kappa shape index (κ2) is 29.3. The molecule has 0 aliphatic heterocycles. The molecular formula is C37H67N2O6P. The minimum Gasteiger partial charge on any atom is -0.756 e. The molecule has 0 rings (SSSR count). The van der Waals surface area contributed by atoms with Crippen LogP contribution in [0.2, 0.25) is 0 Å². The van der Waals surface area contributed by atoms with Gasteiger partial charge >= 0.3 is 0 Å². The molecule has 46 heavy (non-hydrogen) atoms. The molecule has 0 aliphatic carbocycles. The van der Waals surface area contributed by atoms with E-state index in [1.165, 1.54) is 19.3 Å². The van der Waals surface area contributed by atoms with Gasteiger partial charge < -0.3 is 28.8 Å². The molecular weight excluding hydrogens is 599 g/mol. The van der Waals surface area contributed by atoms with Crippen LogP contribution in [0, 0.1) is 0 Å². The van der Waals surface area contributed by atoms with Crippen LogP contribution in [0.25, 0.3) is 0 Å². The quantitative estimate of drug-likeness (QED) is 0.0347. The van der Waals surface area contributed by atoms with E-state index in [0.29, 0.717) is 17.4 Å². The maximum atomic E-state index is 12.7. The van der Waals surface area contributed by atoms with Crippen molar-refractivity contribution in [3.8, 4) is 0 Å². The highest BCUT2D eigenvalue weighted by Gasteiger charge is 2.23. The van der Waals surface area contributed by atoms with Gasteiger partial charge in [-0.05, 0) is 57.8 Å². The van der Waals surface area contributed by atoms with E-state index in [0.717, 1.165) is 77.0 Å². The molecule has 0 saturated carbocycles. The number of unbranched alkanes of at least 4 members (excludes halogenated alkanes) is 9. The Balaban J connectivity index is 4.51. The SMILES string of the molecule is CC/C=C\C/C=C\C/C=C\C/C=C\CCCCCCC(=O)NC(COP(=O)([O-])OCC[N+](C)(C)C)C(O)/C=C/CCCCCCC. The van der Waals surface area contributed by atoms with Crippen molar-refractivity contribution in [1.82, 2.24) is 5.32 Å². The van der Waals surface area contributed by atoms with E-state index >= 15 is 0 Å². The van der Waals surface area contributed by atoms with Crippen LogP contribution >= 0.6 is 7.82 Å². The molecule has 2 N–H and O–H groups in total. The van der Waals surface area contributed by atoms with E-state index in [9.17, 15) is 19.4 Å². The van der Waals surface area contributed by atoms with Gasteiger partial charge in [-0.25, -0.2) is 0 Å². The molecule has 8 nitrogen and oxygen atoms in total. The Morgan fingerprint density at radius 2 is 1.33 bits per heavy atom. The zero-order valence-electron chi connectivity index (χ0n) is 29.7. The molecule has 0 aliphatic rings. The molecule has 0 bridgehead atoms. The van der Waals surface area contributed by atoms with Crippen molar-refractivity contribution in [3.63, 3.8) is 0 Å². The molecule has 0 aromatic heterocycles. The molecule has 0 fully saturated rings. The zero-order valence-corrected chi connectivity index (χ0v) is 30.6. The number of carbonyl (C=O) groups is 1. The molecule has 0 saturated heterocycles. The fourth-order valence-corrected chi connectivity index (χ4v) is 5.10. The average molecular weight is 667 g/mol. The number of phosphoric ester groups is 1. The highest BCUT2D eigenvalue weighted by atomic mass is 31.2. The maximum Gasteiger partial charge on any atom is 0.268 e. The zero-order chi connectivity index (χ0) is 34.4. The number of hydrogen-bond acceptors (Lipinski definition) is 6. The number of aliphatic hydroxyl groups is 1. The smallest absolute Gasteiger partial charge is 0.268 e. The largest absolute Gasteiger partial charge is 0.756 e. The number of nitrogens with one attached hydrogen (secondary N) is 1. The summed E-state index contributed by atoms with van der Waals surface area (Å²) in [5.74, 6) is -0.230. The van der Waals surface area contributed by atoms with E-state index < -0.39 is 26.6 Å². The Bertz CT molecular complexity index is 939. The highest BCUT2D eigenvalue weighted by Crippen LogP contribution is 2.38. The van der Waals surface area contributed by atoms with Crippen LogP contribution in [0.15, 0.2) is 60.8 Å². The number of carbonyl (C=O) groups excluding carboxylic acids is 1. The minimum atomic E-state index is -4.58. The third kappa shape index (κ3) is 30.8. The van der Waals surface area contributed by atoms with Crippen molar-refractivity contribution >= 4 is 13.7 Å². The van der Waals surface area contributed by atoms with Crippen LogP contribution in [0.4, 0.5) is 0 Å². The van der Waals surface area contributed by atoms with Crippen LogP contribution < -0.4 is 10.2 Å². The number of rotatable bonds is 30.